The fraction of sp³-hybridized carbons (Fsp3) is 0.533. The second kappa shape index (κ2) is 5.91. The molecule has 1 fully saturated rings. The molecule has 1 aliphatic rings. The summed E-state index contributed by atoms with van der Waals surface area (Å²) < 4.78 is 5.20. The van der Waals surface area contributed by atoms with Crippen molar-refractivity contribution in [3.8, 4) is 0 Å². The Morgan fingerprint density at radius 3 is 2.70 bits per heavy atom. The highest BCUT2D eigenvalue weighted by Gasteiger charge is 2.45. The van der Waals surface area contributed by atoms with Crippen molar-refractivity contribution in [1.29, 1.82) is 0 Å². The summed E-state index contributed by atoms with van der Waals surface area (Å²) in [6.07, 6.45) is -1.51. The molecule has 1 heterocycles. The Morgan fingerprint density at radius 1 is 1.45 bits per heavy atom. The van der Waals surface area contributed by atoms with Crippen LogP contribution in [0.15, 0.2) is 30.3 Å². The topological polar surface area (TPSA) is 70.0 Å². The Balaban J connectivity index is 2.15. The van der Waals surface area contributed by atoms with E-state index in [0.717, 1.165) is 5.56 Å². The van der Waals surface area contributed by atoms with Gasteiger partial charge in [-0.3, -0.25) is 9.69 Å². The van der Waals surface area contributed by atoms with Crippen molar-refractivity contribution in [2.75, 3.05) is 6.54 Å². The third-order valence-electron chi connectivity index (χ3n) is 3.69. The second-order valence-electron chi connectivity index (χ2n) is 5.51. The van der Waals surface area contributed by atoms with E-state index in [-0.39, 0.29) is 0 Å². The van der Waals surface area contributed by atoms with Gasteiger partial charge in [-0.25, -0.2) is 0 Å². The Labute approximate surface area is 118 Å². The summed E-state index contributed by atoms with van der Waals surface area (Å²) in [6.45, 7) is 3.98. The molecule has 0 saturated carbocycles. The third-order valence-corrected chi connectivity index (χ3v) is 3.69. The van der Waals surface area contributed by atoms with Crippen LogP contribution in [0.25, 0.3) is 0 Å². The van der Waals surface area contributed by atoms with Gasteiger partial charge in [-0.05, 0) is 18.9 Å². The fourth-order valence-electron chi connectivity index (χ4n) is 2.45. The molecule has 5 nitrogen and oxygen atoms in total. The summed E-state index contributed by atoms with van der Waals surface area (Å²) in [5.41, 5.74) is -0.175. The van der Waals surface area contributed by atoms with Crippen LogP contribution in [-0.4, -0.2) is 45.6 Å². The molecule has 2 rings (SSSR count). The largest absolute Gasteiger partial charge is 0.444 e. The molecule has 3 atom stereocenters. The van der Waals surface area contributed by atoms with E-state index in [0.29, 0.717) is 19.5 Å². The average Bonchev–Trinajstić information content (AvgIpc) is 2.40. The minimum Gasteiger partial charge on any atom is -0.444 e. The number of aliphatic hydroxyl groups excluding tert-OH is 1. The van der Waals surface area contributed by atoms with Crippen molar-refractivity contribution in [3.05, 3.63) is 35.9 Å². The van der Waals surface area contributed by atoms with Gasteiger partial charge in [0.2, 0.25) is 0 Å². The number of benzene rings is 1. The number of carbonyl (C=O) groups is 1. The van der Waals surface area contributed by atoms with Crippen LogP contribution in [0.5, 0.6) is 0 Å². The molecule has 2 N–H and O–H groups in total. The Bertz CT molecular complexity index is 460. The number of rotatable bonds is 3. The van der Waals surface area contributed by atoms with Crippen LogP contribution in [0.3, 0.4) is 0 Å². The first-order valence-corrected chi connectivity index (χ1v) is 6.76. The van der Waals surface area contributed by atoms with E-state index >= 15 is 0 Å². The van der Waals surface area contributed by atoms with E-state index in [4.69, 9.17) is 4.74 Å². The number of esters is 1. The quantitative estimate of drug-likeness (QED) is 0.804. The van der Waals surface area contributed by atoms with E-state index in [2.05, 4.69) is 0 Å². The third kappa shape index (κ3) is 3.36. The van der Waals surface area contributed by atoms with Crippen molar-refractivity contribution >= 4 is 5.97 Å². The molecule has 0 amide bonds. The molecular formula is C15H21NO4. The monoisotopic (exact) mass is 279 g/mol. The molecule has 1 aromatic carbocycles. The lowest BCUT2D eigenvalue weighted by Gasteiger charge is -2.45. The molecule has 0 bridgehead atoms. The summed E-state index contributed by atoms with van der Waals surface area (Å²) >= 11 is 0. The highest BCUT2D eigenvalue weighted by Crippen LogP contribution is 2.29. The zero-order valence-electron chi connectivity index (χ0n) is 11.8. The number of ether oxygens (including phenoxy) is 1. The number of piperidine rings is 1. The summed E-state index contributed by atoms with van der Waals surface area (Å²) in [6, 6.07) is 9.76. The standard InChI is InChI=1S/C15H21NO4/c1-11(17)20-14-13(18)15(2,19)8-9-16(14)10-12-6-4-3-5-7-12/h3-7,13-14,18-19H,8-10H2,1-2H3. The molecule has 0 aliphatic carbocycles. The van der Waals surface area contributed by atoms with Gasteiger partial charge in [0.15, 0.2) is 6.23 Å². The first kappa shape index (κ1) is 15.0. The minimum atomic E-state index is -1.24. The summed E-state index contributed by atoms with van der Waals surface area (Å²) in [7, 11) is 0. The van der Waals surface area contributed by atoms with E-state index in [1.165, 1.54) is 6.92 Å². The first-order valence-electron chi connectivity index (χ1n) is 6.76. The lowest BCUT2D eigenvalue weighted by atomic mass is 9.89. The van der Waals surface area contributed by atoms with Gasteiger partial charge in [-0.2, -0.15) is 0 Å². The number of likely N-dealkylation sites (tertiary alicyclic amines) is 1. The summed E-state index contributed by atoms with van der Waals surface area (Å²) in [4.78, 5) is 13.1. The molecule has 0 spiro atoms. The van der Waals surface area contributed by atoms with Crippen molar-refractivity contribution in [2.45, 2.75) is 44.7 Å². The molecule has 1 aromatic rings. The summed E-state index contributed by atoms with van der Waals surface area (Å²) in [5, 5.41) is 20.4. The molecule has 1 saturated heterocycles. The minimum absolute atomic E-state index is 0.429. The van der Waals surface area contributed by atoms with Crippen molar-refractivity contribution in [2.24, 2.45) is 0 Å². The normalized spacial score (nSPS) is 31.0. The smallest absolute Gasteiger partial charge is 0.304 e. The van der Waals surface area contributed by atoms with Crippen LogP contribution >= 0.6 is 0 Å². The fourth-order valence-corrected chi connectivity index (χ4v) is 2.45. The maximum absolute atomic E-state index is 11.2. The zero-order valence-corrected chi connectivity index (χ0v) is 11.8. The lowest BCUT2D eigenvalue weighted by Crippen LogP contribution is -2.61. The number of hydrogen-bond acceptors (Lipinski definition) is 5. The van der Waals surface area contributed by atoms with Gasteiger partial charge in [0.1, 0.15) is 6.10 Å². The molecule has 0 radical (unpaired) electrons. The highest BCUT2D eigenvalue weighted by atomic mass is 16.6. The maximum Gasteiger partial charge on any atom is 0.304 e. The number of hydrogen-bond donors (Lipinski definition) is 2. The van der Waals surface area contributed by atoms with Gasteiger partial charge in [0.05, 0.1) is 5.60 Å². The van der Waals surface area contributed by atoms with Crippen LogP contribution in [-0.2, 0) is 16.1 Å². The Kier molecular flexibility index (Phi) is 4.42. The predicted molar refractivity (Wildman–Crippen MR) is 73.7 cm³/mol. The Hall–Kier alpha value is -1.43. The van der Waals surface area contributed by atoms with Crippen LogP contribution < -0.4 is 0 Å². The zero-order chi connectivity index (χ0) is 14.8. The maximum atomic E-state index is 11.2. The second-order valence-corrected chi connectivity index (χ2v) is 5.51. The summed E-state index contributed by atoms with van der Waals surface area (Å²) in [5.74, 6) is -0.468. The van der Waals surface area contributed by atoms with Crippen molar-refractivity contribution < 1.29 is 19.7 Å². The molecule has 1 aliphatic heterocycles. The molecule has 20 heavy (non-hydrogen) atoms. The highest BCUT2D eigenvalue weighted by molar-refractivity contribution is 5.66. The van der Waals surface area contributed by atoms with E-state index < -0.39 is 23.9 Å². The predicted octanol–water partition coefficient (Wildman–Crippen LogP) is 0.893. The number of carbonyl (C=O) groups excluding carboxylic acids is 1. The van der Waals surface area contributed by atoms with E-state index in [9.17, 15) is 15.0 Å². The SMILES string of the molecule is CC(=O)OC1C(O)C(C)(O)CCN1Cc1ccccc1. The lowest BCUT2D eigenvalue weighted by molar-refractivity contribution is -0.216. The number of nitrogens with zero attached hydrogens (tertiary/aromatic N) is 1. The van der Waals surface area contributed by atoms with Crippen molar-refractivity contribution in [3.63, 3.8) is 0 Å². The molecular weight excluding hydrogens is 258 g/mol. The molecule has 3 unspecified atom stereocenters. The van der Waals surface area contributed by atoms with Gasteiger partial charge in [0, 0.05) is 20.0 Å². The van der Waals surface area contributed by atoms with Gasteiger partial charge >= 0.3 is 5.97 Å². The number of aliphatic hydroxyl groups is 2. The Morgan fingerprint density at radius 2 is 2.10 bits per heavy atom. The van der Waals surface area contributed by atoms with Gasteiger partial charge < -0.3 is 14.9 Å². The van der Waals surface area contributed by atoms with E-state index in [1.807, 2.05) is 35.2 Å². The molecule has 5 heteroatoms. The van der Waals surface area contributed by atoms with Crippen LogP contribution in [0.1, 0.15) is 25.8 Å². The van der Waals surface area contributed by atoms with Crippen molar-refractivity contribution in [1.82, 2.24) is 4.90 Å². The van der Waals surface area contributed by atoms with E-state index in [1.54, 1.807) is 6.92 Å². The van der Waals surface area contributed by atoms with Crippen LogP contribution in [0.2, 0.25) is 0 Å². The molecule has 0 aromatic heterocycles. The average molecular weight is 279 g/mol. The van der Waals surface area contributed by atoms with Crippen LogP contribution in [0.4, 0.5) is 0 Å². The van der Waals surface area contributed by atoms with Gasteiger partial charge in [-0.1, -0.05) is 30.3 Å². The van der Waals surface area contributed by atoms with Crippen LogP contribution in [0, 0.1) is 0 Å². The molecule has 110 valence electrons. The first-order chi connectivity index (χ1) is 9.40. The van der Waals surface area contributed by atoms with Gasteiger partial charge in [-0.15, -0.1) is 0 Å². The van der Waals surface area contributed by atoms with Gasteiger partial charge in [0.25, 0.3) is 0 Å².